The molecule has 2 aromatic rings. The van der Waals surface area contributed by atoms with Gasteiger partial charge in [0.15, 0.2) is 0 Å². The van der Waals surface area contributed by atoms with Crippen LogP contribution < -0.4 is 5.73 Å². The number of aryl methyl sites for hydroxylation is 2. The Bertz CT molecular complexity index is 528. The molecule has 0 radical (unpaired) electrons. The van der Waals surface area contributed by atoms with E-state index in [9.17, 15) is 0 Å². The fraction of sp³-hybridized carbons (Fsp3) is 0.500. The Morgan fingerprint density at radius 3 is 2.59 bits per heavy atom. The van der Waals surface area contributed by atoms with Gasteiger partial charge in [-0.3, -0.25) is 0 Å². The van der Waals surface area contributed by atoms with Crippen LogP contribution in [0.4, 0.5) is 5.88 Å². The van der Waals surface area contributed by atoms with Crippen LogP contribution >= 0.6 is 11.3 Å². The third kappa shape index (κ3) is 2.34. The lowest BCUT2D eigenvalue weighted by molar-refractivity contribution is 0.438. The summed E-state index contributed by atoms with van der Waals surface area (Å²) in [6.07, 6.45) is 0.876. The monoisotopic (exact) mass is 251 g/mol. The molecular formula is C12H17N3OS. The average molecular weight is 251 g/mol. The maximum Gasteiger partial charge on any atom is 0.225 e. The minimum absolute atomic E-state index is 0.430. The molecule has 0 aliphatic heterocycles. The summed E-state index contributed by atoms with van der Waals surface area (Å²) in [6, 6.07) is 0. The van der Waals surface area contributed by atoms with Crippen LogP contribution in [0.25, 0.3) is 10.6 Å². The summed E-state index contributed by atoms with van der Waals surface area (Å²) < 4.78 is 5.12. The molecule has 2 heterocycles. The SMILES string of the molecule is Cc1nc(C)c(-c2noc(N)c2CC(C)C)s1. The first-order valence-corrected chi connectivity index (χ1v) is 6.49. The molecule has 2 aromatic heterocycles. The van der Waals surface area contributed by atoms with Crippen LogP contribution in [0.5, 0.6) is 0 Å². The number of rotatable bonds is 3. The highest BCUT2D eigenvalue weighted by molar-refractivity contribution is 7.15. The molecule has 0 saturated carbocycles. The van der Waals surface area contributed by atoms with Gasteiger partial charge in [0, 0.05) is 5.56 Å². The quantitative estimate of drug-likeness (QED) is 0.909. The van der Waals surface area contributed by atoms with E-state index in [1.165, 1.54) is 0 Å². The number of thiazole rings is 1. The molecule has 0 aliphatic rings. The number of hydrogen-bond acceptors (Lipinski definition) is 5. The zero-order chi connectivity index (χ0) is 12.6. The van der Waals surface area contributed by atoms with E-state index >= 15 is 0 Å². The maximum atomic E-state index is 5.84. The number of aromatic nitrogens is 2. The lowest BCUT2D eigenvalue weighted by Crippen LogP contribution is -1.98. The van der Waals surface area contributed by atoms with Gasteiger partial charge in [0.25, 0.3) is 0 Å². The summed E-state index contributed by atoms with van der Waals surface area (Å²) >= 11 is 1.63. The van der Waals surface area contributed by atoms with E-state index in [2.05, 4.69) is 24.0 Å². The molecule has 0 saturated heterocycles. The van der Waals surface area contributed by atoms with Crippen molar-refractivity contribution in [3.63, 3.8) is 0 Å². The van der Waals surface area contributed by atoms with E-state index in [1.54, 1.807) is 11.3 Å². The molecule has 0 fully saturated rings. The summed E-state index contributed by atoms with van der Waals surface area (Å²) in [7, 11) is 0. The highest BCUT2D eigenvalue weighted by Crippen LogP contribution is 2.34. The van der Waals surface area contributed by atoms with Crippen molar-refractivity contribution in [3.8, 4) is 10.6 Å². The Kier molecular flexibility index (Phi) is 3.19. The van der Waals surface area contributed by atoms with Crippen molar-refractivity contribution in [3.05, 3.63) is 16.3 Å². The number of nitrogens with two attached hydrogens (primary N) is 1. The van der Waals surface area contributed by atoms with E-state index in [0.29, 0.717) is 11.8 Å². The molecule has 0 aliphatic carbocycles. The fourth-order valence-electron chi connectivity index (χ4n) is 1.86. The summed E-state index contributed by atoms with van der Waals surface area (Å²) in [4.78, 5) is 5.48. The Hall–Kier alpha value is -1.36. The number of anilines is 1. The van der Waals surface area contributed by atoms with Crippen molar-refractivity contribution in [1.29, 1.82) is 0 Å². The number of nitrogens with zero attached hydrogens (tertiary/aromatic N) is 2. The van der Waals surface area contributed by atoms with Gasteiger partial charge in [0.1, 0.15) is 5.69 Å². The van der Waals surface area contributed by atoms with Crippen molar-refractivity contribution < 1.29 is 4.52 Å². The van der Waals surface area contributed by atoms with Crippen LogP contribution in [0.3, 0.4) is 0 Å². The van der Waals surface area contributed by atoms with Crippen LogP contribution in [-0.4, -0.2) is 10.1 Å². The van der Waals surface area contributed by atoms with Crippen LogP contribution in [0.2, 0.25) is 0 Å². The second-order valence-corrected chi connectivity index (χ2v) is 5.82. The number of hydrogen-bond donors (Lipinski definition) is 1. The second-order valence-electron chi connectivity index (χ2n) is 4.62. The Morgan fingerprint density at radius 2 is 2.06 bits per heavy atom. The minimum Gasteiger partial charge on any atom is -0.367 e. The van der Waals surface area contributed by atoms with Crippen molar-refractivity contribution in [2.45, 2.75) is 34.1 Å². The maximum absolute atomic E-state index is 5.84. The van der Waals surface area contributed by atoms with Gasteiger partial charge in [-0.05, 0) is 26.2 Å². The molecule has 0 unspecified atom stereocenters. The molecule has 0 bridgehead atoms. The van der Waals surface area contributed by atoms with Gasteiger partial charge < -0.3 is 10.3 Å². The minimum atomic E-state index is 0.430. The van der Waals surface area contributed by atoms with Crippen molar-refractivity contribution >= 4 is 17.2 Å². The normalized spacial score (nSPS) is 11.4. The first-order valence-electron chi connectivity index (χ1n) is 5.67. The van der Waals surface area contributed by atoms with Crippen LogP contribution in [0, 0.1) is 19.8 Å². The molecule has 2 rings (SSSR count). The van der Waals surface area contributed by atoms with E-state index in [4.69, 9.17) is 10.3 Å². The third-order valence-electron chi connectivity index (χ3n) is 2.55. The Balaban J connectivity index is 2.48. The van der Waals surface area contributed by atoms with E-state index in [1.807, 2.05) is 13.8 Å². The van der Waals surface area contributed by atoms with Crippen molar-refractivity contribution in [2.24, 2.45) is 5.92 Å². The highest BCUT2D eigenvalue weighted by Gasteiger charge is 2.20. The molecule has 92 valence electrons. The lowest BCUT2D eigenvalue weighted by Gasteiger charge is -2.04. The summed E-state index contributed by atoms with van der Waals surface area (Å²) in [5, 5.41) is 5.12. The fourth-order valence-corrected chi connectivity index (χ4v) is 2.79. The van der Waals surface area contributed by atoms with Crippen molar-refractivity contribution in [2.75, 3.05) is 5.73 Å². The molecule has 2 N–H and O–H groups in total. The summed E-state index contributed by atoms with van der Waals surface area (Å²) in [6.45, 7) is 8.29. The van der Waals surface area contributed by atoms with Crippen molar-refractivity contribution in [1.82, 2.24) is 10.1 Å². The zero-order valence-corrected chi connectivity index (χ0v) is 11.4. The molecule has 17 heavy (non-hydrogen) atoms. The highest BCUT2D eigenvalue weighted by atomic mass is 32.1. The lowest BCUT2D eigenvalue weighted by atomic mass is 10.0. The van der Waals surface area contributed by atoms with Gasteiger partial charge >= 0.3 is 0 Å². The van der Waals surface area contributed by atoms with Crippen LogP contribution in [0.1, 0.15) is 30.1 Å². The second kappa shape index (κ2) is 4.49. The molecule has 5 heteroatoms. The molecule has 0 aromatic carbocycles. The first kappa shape index (κ1) is 12.1. The Morgan fingerprint density at radius 1 is 1.35 bits per heavy atom. The molecule has 0 amide bonds. The molecule has 0 spiro atoms. The smallest absolute Gasteiger partial charge is 0.225 e. The third-order valence-corrected chi connectivity index (χ3v) is 3.63. The van der Waals surface area contributed by atoms with Gasteiger partial charge in [-0.1, -0.05) is 19.0 Å². The average Bonchev–Trinajstić information content (AvgIpc) is 2.71. The molecule has 0 atom stereocenters. The Labute approximate surface area is 105 Å². The van der Waals surface area contributed by atoms with Gasteiger partial charge in [0.2, 0.25) is 5.88 Å². The zero-order valence-electron chi connectivity index (χ0n) is 10.6. The van der Waals surface area contributed by atoms with Gasteiger partial charge in [-0.25, -0.2) is 4.98 Å². The molecular weight excluding hydrogens is 234 g/mol. The van der Waals surface area contributed by atoms with E-state index in [-0.39, 0.29) is 0 Å². The van der Waals surface area contributed by atoms with Crippen LogP contribution in [0.15, 0.2) is 4.52 Å². The van der Waals surface area contributed by atoms with E-state index < -0.39 is 0 Å². The topological polar surface area (TPSA) is 64.9 Å². The van der Waals surface area contributed by atoms with Gasteiger partial charge in [0.05, 0.1) is 15.6 Å². The van der Waals surface area contributed by atoms with Gasteiger partial charge in [-0.2, -0.15) is 0 Å². The van der Waals surface area contributed by atoms with E-state index in [0.717, 1.165) is 33.3 Å². The van der Waals surface area contributed by atoms with Gasteiger partial charge in [-0.15, -0.1) is 11.3 Å². The van der Waals surface area contributed by atoms with Crippen LogP contribution in [-0.2, 0) is 6.42 Å². The predicted octanol–water partition coefficient (Wildman–Crippen LogP) is 3.20. The molecule has 4 nitrogen and oxygen atoms in total. The standard InChI is InChI=1S/C12H17N3OS/c1-6(2)5-9-10(15-16-12(9)13)11-7(3)14-8(4)17-11/h6H,5,13H2,1-4H3. The first-order chi connectivity index (χ1) is 7.99. The largest absolute Gasteiger partial charge is 0.367 e. The predicted molar refractivity (Wildman–Crippen MR) is 70.0 cm³/mol. The summed E-state index contributed by atoms with van der Waals surface area (Å²) in [5.74, 6) is 0.948. The number of nitrogen functional groups attached to an aromatic ring is 1. The summed E-state index contributed by atoms with van der Waals surface area (Å²) in [5.41, 5.74) is 8.70.